The highest BCUT2D eigenvalue weighted by Gasteiger charge is 2.20. The van der Waals surface area contributed by atoms with Crippen LogP contribution in [-0.4, -0.2) is 56.2 Å². The molecule has 0 atom stereocenters. The Hall–Kier alpha value is -1.30. The molecule has 0 bridgehead atoms. The van der Waals surface area contributed by atoms with Crippen LogP contribution in [0.3, 0.4) is 0 Å². The molecule has 0 spiro atoms. The van der Waals surface area contributed by atoms with Crippen molar-refractivity contribution in [1.82, 2.24) is 15.5 Å². The van der Waals surface area contributed by atoms with E-state index in [1.54, 1.807) is 12.1 Å². The Morgan fingerprint density at radius 1 is 1.29 bits per heavy atom. The minimum atomic E-state index is -0.111. The van der Waals surface area contributed by atoms with Crippen molar-refractivity contribution in [2.24, 2.45) is 0 Å². The van der Waals surface area contributed by atoms with Crippen LogP contribution in [0.4, 0.5) is 0 Å². The third-order valence-electron chi connectivity index (χ3n) is 4.71. The van der Waals surface area contributed by atoms with Gasteiger partial charge in [0.1, 0.15) is 5.75 Å². The number of hydrogen-bond donors (Lipinski definition) is 2. The van der Waals surface area contributed by atoms with Gasteiger partial charge in [-0.25, -0.2) is 0 Å². The van der Waals surface area contributed by atoms with Crippen molar-refractivity contribution in [2.75, 3.05) is 39.3 Å². The molecule has 5 nitrogen and oxygen atoms in total. The number of carbonyl (C=O) groups excluding carboxylic acids is 1. The highest BCUT2D eigenvalue weighted by atomic mass is 35.5. The zero-order valence-electron chi connectivity index (χ0n) is 14.0. The molecule has 132 valence electrons. The molecule has 1 aromatic rings. The maximum Gasteiger partial charge on any atom is 0.255 e. The van der Waals surface area contributed by atoms with Gasteiger partial charge in [0.15, 0.2) is 0 Å². The zero-order valence-corrected chi connectivity index (χ0v) is 14.8. The maximum absolute atomic E-state index is 12.6. The number of benzene rings is 1. The molecular formula is C18H26ClN3O2. The number of ether oxygens (including phenoxy) is 1. The number of amides is 1. The van der Waals surface area contributed by atoms with Gasteiger partial charge in [0.25, 0.3) is 5.91 Å². The highest BCUT2D eigenvalue weighted by molar-refractivity contribution is 6.31. The average molecular weight is 352 g/mol. The fourth-order valence-electron chi connectivity index (χ4n) is 3.33. The minimum Gasteiger partial charge on any atom is -0.490 e. The van der Waals surface area contributed by atoms with Gasteiger partial charge in [-0.3, -0.25) is 9.69 Å². The molecule has 0 unspecified atom stereocenters. The molecule has 1 saturated carbocycles. The Balaban J connectivity index is 1.56. The van der Waals surface area contributed by atoms with Crippen molar-refractivity contribution in [2.45, 2.75) is 31.8 Å². The number of piperazine rings is 1. The lowest BCUT2D eigenvalue weighted by Crippen LogP contribution is -2.46. The fourth-order valence-corrected chi connectivity index (χ4v) is 3.50. The number of nitrogens with one attached hydrogen (secondary N) is 2. The summed E-state index contributed by atoms with van der Waals surface area (Å²) in [4.78, 5) is 14.9. The number of rotatable bonds is 6. The molecule has 3 rings (SSSR count). The van der Waals surface area contributed by atoms with Crippen LogP contribution in [0.15, 0.2) is 18.2 Å². The van der Waals surface area contributed by atoms with Crippen LogP contribution in [0.2, 0.25) is 5.02 Å². The summed E-state index contributed by atoms with van der Waals surface area (Å²) in [7, 11) is 0. The van der Waals surface area contributed by atoms with E-state index in [9.17, 15) is 4.79 Å². The minimum absolute atomic E-state index is 0.111. The lowest BCUT2D eigenvalue weighted by atomic mass is 10.1. The van der Waals surface area contributed by atoms with Gasteiger partial charge in [0.05, 0.1) is 11.7 Å². The Bertz CT molecular complexity index is 555. The average Bonchev–Trinajstić information content (AvgIpc) is 3.10. The van der Waals surface area contributed by atoms with Gasteiger partial charge in [-0.2, -0.15) is 0 Å². The lowest BCUT2D eigenvalue weighted by molar-refractivity contribution is 0.0940. The van der Waals surface area contributed by atoms with Crippen LogP contribution in [0.5, 0.6) is 5.75 Å². The van der Waals surface area contributed by atoms with E-state index < -0.39 is 0 Å². The van der Waals surface area contributed by atoms with Gasteiger partial charge >= 0.3 is 0 Å². The standard InChI is InChI=1S/C18H26ClN3O2/c19-14-5-6-17(24-15-3-1-2-4-15)16(13-14)18(23)21-9-12-22-10-7-20-8-11-22/h5-6,13,15,20H,1-4,7-12H2,(H,21,23). The number of hydrogen-bond acceptors (Lipinski definition) is 4. The summed E-state index contributed by atoms with van der Waals surface area (Å²) >= 11 is 6.08. The van der Waals surface area contributed by atoms with Crippen molar-refractivity contribution in [1.29, 1.82) is 0 Å². The predicted octanol–water partition coefficient (Wildman–Crippen LogP) is 2.30. The van der Waals surface area contributed by atoms with Crippen LogP contribution in [0.25, 0.3) is 0 Å². The van der Waals surface area contributed by atoms with Crippen molar-refractivity contribution >= 4 is 17.5 Å². The molecule has 24 heavy (non-hydrogen) atoms. The second-order valence-electron chi connectivity index (χ2n) is 6.51. The fraction of sp³-hybridized carbons (Fsp3) is 0.611. The van der Waals surface area contributed by atoms with Crippen molar-refractivity contribution < 1.29 is 9.53 Å². The molecule has 1 aliphatic heterocycles. The van der Waals surface area contributed by atoms with Crippen LogP contribution >= 0.6 is 11.6 Å². The molecule has 1 saturated heterocycles. The van der Waals surface area contributed by atoms with Gasteiger partial charge in [-0.1, -0.05) is 11.6 Å². The monoisotopic (exact) mass is 351 g/mol. The molecule has 0 radical (unpaired) electrons. The third-order valence-corrected chi connectivity index (χ3v) is 4.94. The summed E-state index contributed by atoms with van der Waals surface area (Å²) in [6, 6.07) is 5.29. The summed E-state index contributed by atoms with van der Waals surface area (Å²) < 4.78 is 6.04. The van der Waals surface area contributed by atoms with E-state index in [4.69, 9.17) is 16.3 Å². The first-order valence-corrected chi connectivity index (χ1v) is 9.27. The van der Waals surface area contributed by atoms with Gasteiger partial charge in [-0.15, -0.1) is 0 Å². The van der Waals surface area contributed by atoms with E-state index in [1.807, 2.05) is 6.07 Å². The summed E-state index contributed by atoms with van der Waals surface area (Å²) in [6.07, 6.45) is 4.74. The van der Waals surface area contributed by atoms with Crippen molar-refractivity contribution in [3.8, 4) is 5.75 Å². The second kappa shape index (κ2) is 8.70. The van der Waals surface area contributed by atoms with E-state index >= 15 is 0 Å². The molecular weight excluding hydrogens is 326 g/mol. The van der Waals surface area contributed by atoms with E-state index in [0.717, 1.165) is 45.6 Å². The maximum atomic E-state index is 12.6. The Kier molecular flexibility index (Phi) is 6.35. The summed E-state index contributed by atoms with van der Waals surface area (Å²) in [5.74, 6) is 0.534. The van der Waals surface area contributed by atoms with E-state index in [-0.39, 0.29) is 12.0 Å². The first-order chi connectivity index (χ1) is 11.7. The molecule has 2 fully saturated rings. The normalized spacial score (nSPS) is 19.4. The lowest BCUT2D eigenvalue weighted by Gasteiger charge is -2.27. The molecule has 1 aliphatic carbocycles. The second-order valence-corrected chi connectivity index (χ2v) is 6.95. The number of carbonyl (C=O) groups is 1. The number of nitrogens with zero attached hydrogens (tertiary/aromatic N) is 1. The van der Waals surface area contributed by atoms with Crippen LogP contribution < -0.4 is 15.4 Å². The van der Waals surface area contributed by atoms with E-state index in [0.29, 0.717) is 22.9 Å². The quantitative estimate of drug-likeness (QED) is 0.825. The van der Waals surface area contributed by atoms with Crippen molar-refractivity contribution in [3.63, 3.8) is 0 Å². The first kappa shape index (κ1) is 17.5. The van der Waals surface area contributed by atoms with E-state index in [2.05, 4.69) is 15.5 Å². The predicted molar refractivity (Wildman–Crippen MR) is 96.0 cm³/mol. The summed E-state index contributed by atoms with van der Waals surface area (Å²) in [6.45, 7) is 5.59. The van der Waals surface area contributed by atoms with Crippen LogP contribution in [0, 0.1) is 0 Å². The Morgan fingerprint density at radius 3 is 2.79 bits per heavy atom. The summed E-state index contributed by atoms with van der Waals surface area (Å²) in [5.41, 5.74) is 0.537. The topological polar surface area (TPSA) is 53.6 Å². The Morgan fingerprint density at radius 2 is 2.04 bits per heavy atom. The van der Waals surface area contributed by atoms with Gasteiger partial charge in [-0.05, 0) is 43.9 Å². The van der Waals surface area contributed by atoms with Gasteiger partial charge in [0.2, 0.25) is 0 Å². The molecule has 2 aliphatic rings. The molecule has 1 heterocycles. The van der Waals surface area contributed by atoms with Crippen LogP contribution in [0.1, 0.15) is 36.0 Å². The zero-order chi connectivity index (χ0) is 16.8. The molecule has 1 aromatic carbocycles. The van der Waals surface area contributed by atoms with Gasteiger partial charge < -0.3 is 15.4 Å². The summed E-state index contributed by atoms with van der Waals surface area (Å²) in [5, 5.41) is 6.88. The van der Waals surface area contributed by atoms with Crippen molar-refractivity contribution in [3.05, 3.63) is 28.8 Å². The highest BCUT2D eigenvalue weighted by Crippen LogP contribution is 2.28. The van der Waals surface area contributed by atoms with Gasteiger partial charge in [0, 0.05) is 44.3 Å². The number of halogens is 1. The van der Waals surface area contributed by atoms with E-state index in [1.165, 1.54) is 12.8 Å². The first-order valence-electron chi connectivity index (χ1n) is 8.90. The SMILES string of the molecule is O=C(NCCN1CCNCC1)c1cc(Cl)ccc1OC1CCCC1. The molecule has 0 aromatic heterocycles. The Labute approximate surface area is 148 Å². The smallest absolute Gasteiger partial charge is 0.255 e. The third kappa shape index (κ3) is 4.85. The molecule has 2 N–H and O–H groups in total. The largest absolute Gasteiger partial charge is 0.490 e. The molecule has 1 amide bonds. The molecule has 6 heteroatoms. The van der Waals surface area contributed by atoms with Crippen LogP contribution in [-0.2, 0) is 0 Å².